The fourth-order valence-electron chi connectivity index (χ4n) is 2.76. The molecule has 0 radical (unpaired) electrons. The summed E-state index contributed by atoms with van der Waals surface area (Å²) in [4.78, 5) is 5.59. The lowest BCUT2D eigenvalue weighted by Gasteiger charge is -2.23. The zero-order valence-electron chi connectivity index (χ0n) is 12.8. The first-order valence-electron chi connectivity index (χ1n) is 7.66. The lowest BCUT2D eigenvalue weighted by Crippen LogP contribution is -2.37. The molecule has 0 amide bonds. The third kappa shape index (κ3) is 3.62. The monoisotopic (exact) mass is 383 g/mol. The minimum Gasteiger partial charge on any atom is -0.354 e. The molecule has 1 saturated heterocycles. The Morgan fingerprint density at radius 3 is 2.46 bits per heavy atom. The molecule has 0 N–H and O–H groups in total. The molecule has 134 valence electrons. The summed E-state index contributed by atoms with van der Waals surface area (Å²) in [6.07, 6.45) is -1.76. The molecule has 5 nitrogen and oxygen atoms in total. The van der Waals surface area contributed by atoms with Gasteiger partial charge in [0.15, 0.2) is 0 Å². The maximum atomic E-state index is 12.7. The largest absolute Gasteiger partial charge is 0.417 e. The van der Waals surface area contributed by atoms with Gasteiger partial charge in [0.25, 0.3) is 0 Å². The highest BCUT2D eigenvalue weighted by molar-refractivity contribution is 7.90. The normalized spacial score (nSPS) is 20.9. The summed E-state index contributed by atoms with van der Waals surface area (Å²) < 4.78 is 64.1. The third-order valence-corrected chi connectivity index (χ3v) is 6.89. The van der Waals surface area contributed by atoms with Crippen LogP contribution in [-0.4, -0.2) is 49.1 Å². The predicted octanol–water partition coefficient (Wildman–Crippen LogP) is 2.76. The molecular formula is C14H17ClF3N3O2S. The number of rotatable bonds is 3. The van der Waals surface area contributed by atoms with Crippen molar-refractivity contribution < 1.29 is 21.6 Å². The van der Waals surface area contributed by atoms with Crippen LogP contribution < -0.4 is 4.90 Å². The Labute approximate surface area is 143 Å². The lowest BCUT2D eigenvalue weighted by molar-refractivity contribution is -0.137. The summed E-state index contributed by atoms with van der Waals surface area (Å²) in [6, 6.07) is 0.855. The predicted molar refractivity (Wildman–Crippen MR) is 84.6 cm³/mol. The van der Waals surface area contributed by atoms with Gasteiger partial charge in [-0.1, -0.05) is 11.6 Å². The number of hydrogen-bond donors (Lipinski definition) is 0. The van der Waals surface area contributed by atoms with Gasteiger partial charge >= 0.3 is 6.18 Å². The van der Waals surface area contributed by atoms with E-state index in [2.05, 4.69) is 4.98 Å². The number of halogens is 4. The van der Waals surface area contributed by atoms with E-state index < -0.39 is 21.8 Å². The van der Waals surface area contributed by atoms with Crippen LogP contribution in [0.2, 0.25) is 5.02 Å². The van der Waals surface area contributed by atoms with Crippen molar-refractivity contribution in [3.63, 3.8) is 0 Å². The van der Waals surface area contributed by atoms with Gasteiger partial charge in [0.1, 0.15) is 5.82 Å². The van der Waals surface area contributed by atoms with Gasteiger partial charge in [0, 0.05) is 32.4 Å². The van der Waals surface area contributed by atoms with Crippen molar-refractivity contribution in [1.82, 2.24) is 9.29 Å². The van der Waals surface area contributed by atoms with Crippen LogP contribution in [0.15, 0.2) is 12.3 Å². The molecule has 2 fully saturated rings. The number of anilines is 1. The van der Waals surface area contributed by atoms with Crippen LogP contribution in [0.4, 0.5) is 19.0 Å². The van der Waals surface area contributed by atoms with E-state index in [4.69, 9.17) is 11.6 Å². The van der Waals surface area contributed by atoms with E-state index in [1.165, 1.54) is 4.31 Å². The summed E-state index contributed by atoms with van der Waals surface area (Å²) in [5.74, 6) is 0.260. The van der Waals surface area contributed by atoms with Gasteiger partial charge < -0.3 is 4.90 Å². The molecule has 2 aliphatic rings. The maximum absolute atomic E-state index is 12.7. The Hall–Kier alpha value is -1.06. The smallest absolute Gasteiger partial charge is 0.354 e. The Morgan fingerprint density at radius 2 is 1.88 bits per heavy atom. The first-order chi connectivity index (χ1) is 11.2. The second-order valence-electron chi connectivity index (χ2n) is 6.01. The average molecular weight is 384 g/mol. The summed E-state index contributed by atoms with van der Waals surface area (Å²) in [5.41, 5.74) is -0.899. The highest BCUT2D eigenvalue weighted by Gasteiger charge is 2.40. The summed E-state index contributed by atoms with van der Waals surface area (Å²) in [6.45, 7) is 1.55. The Kier molecular flexibility index (Phi) is 4.69. The number of pyridine rings is 1. The molecule has 1 aromatic heterocycles. The minimum absolute atomic E-state index is 0.0803. The van der Waals surface area contributed by atoms with E-state index in [1.54, 1.807) is 4.90 Å². The topological polar surface area (TPSA) is 53.5 Å². The molecule has 3 rings (SSSR count). The fourth-order valence-corrected chi connectivity index (χ4v) is 4.91. The lowest BCUT2D eigenvalue weighted by atomic mass is 10.2. The molecule has 0 aromatic carbocycles. The fraction of sp³-hybridized carbons (Fsp3) is 0.643. The Bertz CT molecular complexity index is 722. The van der Waals surface area contributed by atoms with Crippen LogP contribution in [-0.2, 0) is 16.2 Å². The van der Waals surface area contributed by atoms with E-state index >= 15 is 0 Å². The van der Waals surface area contributed by atoms with Crippen LogP contribution >= 0.6 is 11.6 Å². The van der Waals surface area contributed by atoms with Gasteiger partial charge in [-0.25, -0.2) is 13.4 Å². The molecule has 0 atom stereocenters. The SMILES string of the molecule is O=S(=O)(C1CC1)N1CCCN(c2ncc(C(F)(F)F)cc2Cl)CC1. The van der Waals surface area contributed by atoms with E-state index in [1.807, 2.05) is 0 Å². The van der Waals surface area contributed by atoms with Gasteiger partial charge in [-0.05, 0) is 25.3 Å². The van der Waals surface area contributed by atoms with Crippen molar-refractivity contribution in [2.75, 3.05) is 31.1 Å². The second kappa shape index (κ2) is 6.34. The van der Waals surface area contributed by atoms with Gasteiger partial charge in [-0.3, -0.25) is 0 Å². The van der Waals surface area contributed by atoms with E-state index in [0.29, 0.717) is 38.9 Å². The van der Waals surface area contributed by atoms with Crippen LogP contribution in [0.25, 0.3) is 0 Å². The van der Waals surface area contributed by atoms with E-state index in [9.17, 15) is 21.6 Å². The molecule has 24 heavy (non-hydrogen) atoms. The minimum atomic E-state index is -4.50. The number of aromatic nitrogens is 1. The summed E-state index contributed by atoms with van der Waals surface area (Å²) in [7, 11) is -3.25. The maximum Gasteiger partial charge on any atom is 0.417 e. The zero-order chi connectivity index (χ0) is 17.5. The molecule has 10 heteroatoms. The van der Waals surface area contributed by atoms with Gasteiger partial charge in [0.05, 0.1) is 15.8 Å². The molecular weight excluding hydrogens is 367 g/mol. The first kappa shape index (κ1) is 17.8. The highest BCUT2D eigenvalue weighted by atomic mass is 35.5. The van der Waals surface area contributed by atoms with Crippen molar-refractivity contribution in [2.24, 2.45) is 0 Å². The summed E-state index contributed by atoms with van der Waals surface area (Å²) in [5, 5.41) is -0.347. The van der Waals surface area contributed by atoms with Crippen LogP contribution in [0, 0.1) is 0 Å². The molecule has 1 saturated carbocycles. The zero-order valence-corrected chi connectivity index (χ0v) is 14.3. The van der Waals surface area contributed by atoms with Crippen LogP contribution in [0.5, 0.6) is 0 Å². The van der Waals surface area contributed by atoms with Crippen molar-refractivity contribution >= 4 is 27.4 Å². The summed E-state index contributed by atoms with van der Waals surface area (Å²) >= 11 is 5.97. The van der Waals surface area contributed by atoms with Crippen molar-refractivity contribution in [2.45, 2.75) is 30.7 Å². The highest BCUT2D eigenvalue weighted by Crippen LogP contribution is 2.34. The molecule has 1 aromatic rings. The quantitative estimate of drug-likeness (QED) is 0.805. The standard InChI is InChI=1S/C14H17ClF3N3O2S/c15-12-8-10(14(16,17)18)9-19-13(12)20-4-1-5-21(7-6-20)24(22,23)11-2-3-11/h8-9,11H,1-7H2. The van der Waals surface area contributed by atoms with Gasteiger partial charge in [-0.15, -0.1) is 0 Å². The van der Waals surface area contributed by atoms with Gasteiger partial charge in [0.2, 0.25) is 10.0 Å². The van der Waals surface area contributed by atoms with Gasteiger partial charge in [-0.2, -0.15) is 17.5 Å². The molecule has 1 aliphatic carbocycles. The molecule has 0 spiro atoms. The van der Waals surface area contributed by atoms with Crippen LogP contribution in [0.1, 0.15) is 24.8 Å². The molecule has 0 bridgehead atoms. The van der Waals surface area contributed by atoms with Crippen molar-refractivity contribution in [1.29, 1.82) is 0 Å². The molecule has 2 heterocycles. The molecule has 1 aliphatic heterocycles. The number of nitrogens with zero attached hydrogens (tertiary/aromatic N) is 3. The number of sulfonamides is 1. The third-order valence-electron chi connectivity index (χ3n) is 4.21. The van der Waals surface area contributed by atoms with Crippen LogP contribution in [0.3, 0.4) is 0 Å². The van der Waals surface area contributed by atoms with E-state index in [0.717, 1.165) is 12.3 Å². The first-order valence-corrected chi connectivity index (χ1v) is 9.54. The average Bonchev–Trinajstić information content (AvgIpc) is 3.33. The van der Waals surface area contributed by atoms with E-state index in [-0.39, 0.29) is 22.6 Å². The van der Waals surface area contributed by atoms with Crippen molar-refractivity contribution in [3.8, 4) is 0 Å². The second-order valence-corrected chi connectivity index (χ2v) is 8.63. The van der Waals surface area contributed by atoms with Crippen molar-refractivity contribution in [3.05, 3.63) is 22.8 Å². The molecule has 0 unspecified atom stereocenters. The number of hydrogen-bond acceptors (Lipinski definition) is 4. The Morgan fingerprint density at radius 1 is 1.17 bits per heavy atom. The number of alkyl halides is 3. The Balaban J connectivity index is 1.74.